The molecule has 4 rings (SSSR count). The van der Waals surface area contributed by atoms with Gasteiger partial charge in [0.2, 0.25) is 5.91 Å². The monoisotopic (exact) mass is 497 g/mol. The van der Waals surface area contributed by atoms with Crippen LogP contribution in [0.2, 0.25) is 0 Å². The molecule has 1 atom stereocenters. The van der Waals surface area contributed by atoms with Crippen molar-refractivity contribution in [2.45, 2.75) is 30.0 Å². The van der Waals surface area contributed by atoms with Crippen molar-refractivity contribution in [3.8, 4) is 0 Å². The van der Waals surface area contributed by atoms with Crippen molar-refractivity contribution in [1.82, 2.24) is 9.62 Å². The van der Waals surface area contributed by atoms with Crippen LogP contribution in [0, 0.1) is 5.92 Å². The maximum Gasteiger partial charge on any atom is 0.253 e. The molecule has 2 aromatic carbocycles. The summed E-state index contributed by atoms with van der Waals surface area (Å²) in [5.41, 5.74) is 1.82. The predicted molar refractivity (Wildman–Crippen MR) is 133 cm³/mol. The van der Waals surface area contributed by atoms with Crippen LogP contribution in [0.15, 0.2) is 76.3 Å². The summed E-state index contributed by atoms with van der Waals surface area (Å²) in [7, 11) is -3.51. The molecular formula is C25H27N3O4S2. The van der Waals surface area contributed by atoms with Gasteiger partial charge in [-0.15, -0.1) is 11.3 Å². The number of carbonyl (C=O) groups is 2. The fourth-order valence-corrected chi connectivity index (χ4v) is 6.63. The first kappa shape index (κ1) is 24.1. The summed E-state index contributed by atoms with van der Waals surface area (Å²) in [5, 5.41) is 7.61. The van der Waals surface area contributed by atoms with Gasteiger partial charge in [0.15, 0.2) is 0 Å². The van der Waals surface area contributed by atoms with E-state index < -0.39 is 10.0 Å². The number of amides is 2. The summed E-state index contributed by atoms with van der Waals surface area (Å²) in [6.45, 7) is 2.48. The van der Waals surface area contributed by atoms with E-state index >= 15 is 0 Å². The second kappa shape index (κ2) is 10.5. The predicted octanol–water partition coefficient (Wildman–Crippen LogP) is 4.28. The largest absolute Gasteiger partial charge is 0.345 e. The Morgan fingerprint density at radius 2 is 1.65 bits per heavy atom. The number of para-hydroxylation sites is 1. The number of thiophene rings is 1. The van der Waals surface area contributed by atoms with Crippen LogP contribution in [0.3, 0.4) is 0 Å². The van der Waals surface area contributed by atoms with Gasteiger partial charge in [0.05, 0.1) is 17.3 Å². The minimum absolute atomic E-state index is 0.188. The molecule has 2 heterocycles. The molecular weight excluding hydrogens is 470 g/mol. The molecule has 1 aliphatic rings. The first-order chi connectivity index (χ1) is 16.4. The highest BCUT2D eigenvalue weighted by atomic mass is 32.2. The molecule has 2 amide bonds. The molecule has 34 heavy (non-hydrogen) atoms. The number of hydrogen-bond donors (Lipinski definition) is 2. The Bertz CT molecular complexity index is 1240. The van der Waals surface area contributed by atoms with Crippen LogP contribution in [-0.2, 0) is 14.8 Å². The minimum Gasteiger partial charge on any atom is -0.345 e. The van der Waals surface area contributed by atoms with Crippen LogP contribution < -0.4 is 10.6 Å². The van der Waals surface area contributed by atoms with Crippen molar-refractivity contribution in [2.75, 3.05) is 18.4 Å². The van der Waals surface area contributed by atoms with Crippen LogP contribution in [0.1, 0.15) is 41.7 Å². The molecule has 1 saturated heterocycles. The summed E-state index contributed by atoms with van der Waals surface area (Å²) in [6, 6.07) is 19.7. The lowest BCUT2D eigenvalue weighted by Gasteiger charge is -2.30. The summed E-state index contributed by atoms with van der Waals surface area (Å²) in [4.78, 5) is 25.9. The molecule has 1 aliphatic heterocycles. The normalized spacial score (nSPS) is 16.0. The fourth-order valence-electron chi connectivity index (χ4n) is 4.02. The summed E-state index contributed by atoms with van der Waals surface area (Å²) < 4.78 is 27.2. The van der Waals surface area contributed by atoms with Gasteiger partial charge in [0.25, 0.3) is 15.9 Å². The van der Waals surface area contributed by atoms with Crippen molar-refractivity contribution < 1.29 is 18.0 Å². The van der Waals surface area contributed by atoms with E-state index in [1.807, 2.05) is 37.3 Å². The molecule has 1 aromatic heterocycles. The van der Waals surface area contributed by atoms with E-state index in [0.717, 1.165) is 5.56 Å². The van der Waals surface area contributed by atoms with Crippen LogP contribution in [0.5, 0.6) is 0 Å². The van der Waals surface area contributed by atoms with Crippen molar-refractivity contribution in [1.29, 1.82) is 0 Å². The van der Waals surface area contributed by atoms with E-state index in [0.29, 0.717) is 28.3 Å². The number of nitrogens with zero attached hydrogens (tertiary/aromatic N) is 1. The maximum absolute atomic E-state index is 13.0. The molecule has 0 bridgehead atoms. The van der Waals surface area contributed by atoms with Gasteiger partial charge in [-0.05, 0) is 48.9 Å². The van der Waals surface area contributed by atoms with Crippen LogP contribution in [0.4, 0.5) is 5.69 Å². The second-order valence-electron chi connectivity index (χ2n) is 8.25. The van der Waals surface area contributed by atoms with Gasteiger partial charge in [-0.25, -0.2) is 8.42 Å². The zero-order chi connectivity index (χ0) is 24.1. The zero-order valence-corrected chi connectivity index (χ0v) is 20.4. The number of anilines is 1. The Morgan fingerprint density at radius 3 is 2.32 bits per heavy atom. The minimum atomic E-state index is -3.51. The van der Waals surface area contributed by atoms with Crippen molar-refractivity contribution >= 4 is 38.9 Å². The number of sulfonamides is 1. The third kappa shape index (κ3) is 5.38. The fraction of sp³-hybridized carbons (Fsp3) is 0.280. The lowest BCUT2D eigenvalue weighted by Crippen LogP contribution is -2.41. The second-order valence-corrected chi connectivity index (χ2v) is 11.4. The Kier molecular flexibility index (Phi) is 7.45. The molecule has 0 spiro atoms. The van der Waals surface area contributed by atoms with Crippen molar-refractivity contribution in [2.24, 2.45) is 5.92 Å². The Hall–Kier alpha value is -3.01. The molecule has 1 unspecified atom stereocenters. The van der Waals surface area contributed by atoms with E-state index in [2.05, 4.69) is 10.6 Å². The Balaban J connectivity index is 1.38. The molecule has 0 aliphatic carbocycles. The Labute approximate surface area is 203 Å². The number of piperidine rings is 1. The van der Waals surface area contributed by atoms with E-state index in [9.17, 15) is 18.0 Å². The Morgan fingerprint density at radius 1 is 0.971 bits per heavy atom. The molecule has 3 aromatic rings. The lowest BCUT2D eigenvalue weighted by atomic mass is 9.97. The first-order valence-electron chi connectivity index (χ1n) is 11.2. The average molecular weight is 498 g/mol. The highest BCUT2D eigenvalue weighted by molar-refractivity contribution is 7.91. The van der Waals surface area contributed by atoms with Crippen molar-refractivity contribution in [3.05, 3.63) is 83.2 Å². The highest BCUT2D eigenvalue weighted by Gasteiger charge is 2.33. The van der Waals surface area contributed by atoms with E-state index in [4.69, 9.17) is 0 Å². The lowest BCUT2D eigenvalue weighted by molar-refractivity contribution is -0.120. The number of carbonyl (C=O) groups excluding carboxylic acids is 2. The number of nitrogens with one attached hydrogen (secondary N) is 2. The summed E-state index contributed by atoms with van der Waals surface area (Å²) in [6.07, 6.45) is 0.853. The molecule has 0 radical (unpaired) electrons. The molecule has 9 heteroatoms. The molecule has 2 N–H and O–H groups in total. The molecule has 0 saturated carbocycles. The van der Waals surface area contributed by atoms with Crippen LogP contribution in [-0.4, -0.2) is 37.6 Å². The quantitative estimate of drug-likeness (QED) is 0.509. The van der Waals surface area contributed by atoms with Crippen molar-refractivity contribution in [3.63, 3.8) is 0 Å². The van der Waals surface area contributed by atoms with E-state index in [1.54, 1.807) is 41.8 Å². The average Bonchev–Trinajstić information content (AvgIpc) is 3.41. The summed E-state index contributed by atoms with van der Waals surface area (Å²) >= 11 is 1.19. The number of hydrogen-bond acceptors (Lipinski definition) is 5. The number of rotatable bonds is 7. The number of benzene rings is 2. The molecule has 178 valence electrons. The standard InChI is InChI=1S/C25H27N3O4S2/c1-18(19-8-3-2-4-9-19)26-25(30)21-10-5-6-11-22(21)27-24(29)20-13-15-28(16-14-20)34(31,32)23-12-7-17-33-23/h2-12,17-18,20H,13-16H2,1H3,(H,26,30)(H,27,29). The van der Waals surface area contributed by atoms with E-state index in [1.165, 1.54) is 15.6 Å². The van der Waals surface area contributed by atoms with Gasteiger partial charge in [-0.2, -0.15) is 4.31 Å². The van der Waals surface area contributed by atoms with Crippen LogP contribution >= 0.6 is 11.3 Å². The molecule has 1 fully saturated rings. The van der Waals surface area contributed by atoms with Gasteiger partial charge in [-0.3, -0.25) is 9.59 Å². The van der Waals surface area contributed by atoms with E-state index in [-0.39, 0.29) is 36.9 Å². The van der Waals surface area contributed by atoms with Gasteiger partial charge < -0.3 is 10.6 Å². The highest BCUT2D eigenvalue weighted by Crippen LogP contribution is 2.27. The topological polar surface area (TPSA) is 95.6 Å². The van der Waals surface area contributed by atoms with Crippen LogP contribution in [0.25, 0.3) is 0 Å². The third-order valence-electron chi connectivity index (χ3n) is 5.99. The zero-order valence-electron chi connectivity index (χ0n) is 18.8. The molecule has 7 nitrogen and oxygen atoms in total. The first-order valence-corrected chi connectivity index (χ1v) is 13.5. The maximum atomic E-state index is 13.0. The SMILES string of the molecule is CC(NC(=O)c1ccccc1NC(=O)C1CCN(S(=O)(=O)c2cccs2)CC1)c1ccccc1. The van der Waals surface area contributed by atoms with Gasteiger partial charge >= 0.3 is 0 Å². The van der Waals surface area contributed by atoms with Gasteiger partial charge in [0, 0.05) is 19.0 Å². The third-order valence-corrected chi connectivity index (χ3v) is 9.26. The van der Waals surface area contributed by atoms with Gasteiger partial charge in [-0.1, -0.05) is 48.5 Å². The van der Waals surface area contributed by atoms with Gasteiger partial charge in [0.1, 0.15) is 4.21 Å². The summed E-state index contributed by atoms with van der Waals surface area (Å²) in [5.74, 6) is -0.803. The smallest absolute Gasteiger partial charge is 0.253 e.